The summed E-state index contributed by atoms with van der Waals surface area (Å²) >= 11 is 0. The molecule has 1 aromatic carbocycles. The van der Waals surface area contributed by atoms with Crippen LogP contribution in [0.2, 0.25) is 0 Å². The number of quaternary nitrogens is 1. The van der Waals surface area contributed by atoms with Gasteiger partial charge in [-0.1, -0.05) is 12.1 Å². The molecule has 0 unspecified atom stereocenters. The summed E-state index contributed by atoms with van der Waals surface area (Å²) in [7, 11) is 0. The molecule has 0 bridgehead atoms. The fraction of sp³-hybridized carbons (Fsp3) is 0.500. The normalized spacial score (nSPS) is 16.8. The first-order valence-corrected chi connectivity index (χ1v) is 8.24. The summed E-state index contributed by atoms with van der Waals surface area (Å²) in [6.45, 7) is 7.24. The van der Waals surface area contributed by atoms with Gasteiger partial charge in [0.2, 0.25) is 0 Å². The lowest BCUT2D eigenvalue weighted by molar-refractivity contribution is -0.928. The number of hydrogen-bond donors (Lipinski definition) is 1. The molecule has 25 heavy (non-hydrogen) atoms. The third-order valence-corrected chi connectivity index (χ3v) is 4.07. The van der Waals surface area contributed by atoms with E-state index in [0.717, 1.165) is 4.90 Å². The number of nitrogens with one attached hydrogen (secondary N) is 1. The Kier molecular flexibility index (Phi) is 5.65. The molecule has 134 valence electrons. The number of amides is 1. The van der Waals surface area contributed by atoms with Gasteiger partial charge in [0.25, 0.3) is 0 Å². The number of rotatable bonds is 3. The number of ether oxygens (including phenoxy) is 1. The number of carboxylic acids is 1. The zero-order valence-electron chi connectivity index (χ0n) is 14.7. The molecule has 1 atom stereocenters. The highest BCUT2D eigenvalue weighted by Crippen LogP contribution is 2.13. The first-order chi connectivity index (χ1) is 11.7. The zero-order chi connectivity index (χ0) is 18.6. The van der Waals surface area contributed by atoms with Gasteiger partial charge in [0, 0.05) is 5.56 Å². The van der Waals surface area contributed by atoms with Crippen LogP contribution in [0.1, 0.15) is 37.9 Å². The van der Waals surface area contributed by atoms with Crippen molar-refractivity contribution in [2.75, 3.05) is 26.2 Å². The van der Waals surface area contributed by atoms with E-state index in [9.17, 15) is 14.7 Å². The van der Waals surface area contributed by atoms with Gasteiger partial charge in [-0.2, -0.15) is 5.26 Å². The van der Waals surface area contributed by atoms with E-state index >= 15 is 0 Å². The van der Waals surface area contributed by atoms with Crippen LogP contribution in [-0.4, -0.2) is 48.7 Å². The Morgan fingerprint density at radius 1 is 1.24 bits per heavy atom. The van der Waals surface area contributed by atoms with Crippen LogP contribution >= 0.6 is 0 Å². The molecular formula is C18H23N3O4. The van der Waals surface area contributed by atoms with E-state index in [1.165, 1.54) is 0 Å². The minimum atomic E-state index is -1.16. The Morgan fingerprint density at radius 2 is 1.80 bits per heavy atom. The molecule has 0 aliphatic carbocycles. The summed E-state index contributed by atoms with van der Waals surface area (Å²) in [4.78, 5) is 26.2. The number of benzene rings is 1. The monoisotopic (exact) mass is 345 g/mol. The molecule has 7 nitrogen and oxygen atoms in total. The van der Waals surface area contributed by atoms with E-state index in [4.69, 9.17) is 10.00 Å². The Labute approximate surface area is 147 Å². The molecule has 1 aromatic rings. The molecule has 1 aliphatic rings. The lowest BCUT2D eigenvalue weighted by Gasteiger charge is -2.37. The molecule has 7 heteroatoms. The minimum absolute atomic E-state index is 0.380. The second-order valence-corrected chi connectivity index (χ2v) is 7.11. The van der Waals surface area contributed by atoms with Crippen molar-refractivity contribution in [1.82, 2.24) is 4.90 Å². The van der Waals surface area contributed by atoms with E-state index in [1.807, 2.05) is 26.8 Å². The summed E-state index contributed by atoms with van der Waals surface area (Å²) < 4.78 is 5.35. The molecular weight excluding hydrogens is 322 g/mol. The predicted molar refractivity (Wildman–Crippen MR) is 87.4 cm³/mol. The van der Waals surface area contributed by atoms with Gasteiger partial charge in [-0.15, -0.1) is 0 Å². The van der Waals surface area contributed by atoms with Gasteiger partial charge in [-0.05, 0) is 32.9 Å². The van der Waals surface area contributed by atoms with Crippen LogP contribution in [0, 0.1) is 11.3 Å². The van der Waals surface area contributed by atoms with Gasteiger partial charge < -0.3 is 19.5 Å². The second kappa shape index (κ2) is 7.53. The molecule has 1 N–H and O–H groups in total. The van der Waals surface area contributed by atoms with E-state index in [0.29, 0.717) is 37.3 Å². The first kappa shape index (κ1) is 18.7. The predicted octanol–water partition coefficient (Wildman–Crippen LogP) is -0.515. The average Bonchev–Trinajstić information content (AvgIpc) is 2.54. The highest BCUT2D eigenvalue weighted by atomic mass is 16.6. The van der Waals surface area contributed by atoms with Crippen LogP contribution in [0.3, 0.4) is 0 Å². The summed E-state index contributed by atoms with van der Waals surface area (Å²) in [5, 5.41) is 20.5. The molecule has 1 aliphatic heterocycles. The molecule has 0 radical (unpaired) electrons. The Morgan fingerprint density at radius 3 is 2.24 bits per heavy atom. The number of nitriles is 1. The molecule has 1 saturated heterocycles. The molecule has 0 aromatic heterocycles. The van der Waals surface area contributed by atoms with Crippen molar-refractivity contribution >= 4 is 12.1 Å². The first-order valence-electron chi connectivity index (χ1n) is 8.24. The SMILES string of the molecule is CC(C)(C)OC(=O)N1CC[NH+]([C@H](C(=O)[O-])c2ccc(C#N)cc2)CC1. The molecule has 1 amide bonds. The van der Waals surface area contributed by atoms with Crippen LogP contribution in [0.5, 0.6) is 0 Å². The number of hydrogen-bond acceptors (Lipinski definition) is 5. The molecule has 1 heterocycles. The van der Waals surface area contributed by atoms with Gasteiger partial charge in [-0.3, -0.25) is 4.90 Å². The lowest BCUT2D eigenvalue weighted by Crippen LogP contribution is -3.16. The van der Waals surface area contributed by atoms with Gasteiger partial charge >= 0.3 is 6.09 Å². The van der Waals surface area contributed by atoms with Crippen molar-refractivity contribution in [3.63, 3.8) is 0 Å². The largest absolute Gasteiger partial charge is 0.544 e. The fourth-order valence-corrected chi connectivity index (χ4v) is 2.88. The highest BCUT2D eigenvalue weighted by Gasteiger charge is 2.32. The number of piperazine rings is 1. The molecule has 0 saturated carbocycles. The van der Waals surface area contributed by atoms with Crippen molar-refractivity contribution in [3.8, 4) is 6.07 Å². The van der Waals surface area contributed by atoms with E-state index < -0.39 is 17.6 Å². The number of carboxylic acid groups (broad SMARTS) is 1. The number of carbonyl (C=O) groups is 2. The summed E-state index contributed by atoms with van der Waals surface area (Å²) in [6.07, 6.45) is -0.380. The molecule has 0 spiro atoms. The van der Waals surface area contributed by atoms with Crippen molar-refractivity contribution in [2.24, 2.45) is 0 Å². The van der Waals surface area contributed by atoms with Crippen LogP contribution < -0.4 is 10.0 Å². The van der Waals surface area contributed by atoms with Crippen LogP contribution in [0.15, 0.2) is 24.3 Å². The smallest absolute Gasteiger partial charge is 0.410 e. The summed E-state index contributed by atoms with van der Waals surface area (Å²) in [6, 6.07) is 7.67. The molecule has 1 fully saturated rings. The maximum absolute atomic E-state index is 12.1. The third kappa shape index (κ3) is 4.94. The van der Waals surface area contributed by atoms with Gasteiger partial charge in [0.15, 0.2) is 6.04 Å². The van der Waals surface area contributed by atoms with E-state index in [-0.39, 0.29) is 6.09 Å². The zero-order valence-corrected chi connectivity index (χ0v) is 14.7. The third-order valence-electron chi connectivity index (χ3n) is 4.07. The second-order valence-electron chi connectivity index (χ2n) is 7.11. The van der Waals surface area contributed by atoms with Crippen molar-refractivity contribution in [3.05, 3.63) is 35.4 Å². The topological polar surface area (TPSA) is 97.9 Å². The maximum atomic E-state index is 12.1. The van der Waals surface area contributed by atoms with Crippen molar-refractivity contribution in [2.45, 2.75) is 32.4 Å². The van der Waals surface area contributed by atoms with E-state index in [1.54, 1.807) is 29.2 Å². The Balaban J connectivity index is 2.04. The Hall–Kier alpha value is -2.59. The van der Waals surface area contributed by atoms with Crippen LogP contribution in [0.4, 0.5) is 4.79 Å². The summed E-state index contributed by atoms with van der Waals surface area (Å²) in [5.74, 6) is -1.16. The number of aliphatic carboxylic acids is 1. The standard InChI is InChI=1S/C18H23N3O4/c1-18(2,3)25-17(24)21-10-8-20(9-11-21)15(16(22)23)14-6-4-13(12-19)5-7-14/h4-7,15H,8-11H2,1-3H3,(H,22,23)/t15-/m0/s1. The quantitative estimate of drug-likeness (QED) is 0.795. The molecule has 2 rings (SSSR count). The summed E-state index contributed by atoms with van der Waals surface area (Å²) in [5.41, 5.74) is 0.516. The lowest BCUT2D eigenvalue weighted by atomic mass is 10.0. The number of carbonyl (C=O) groups excluding carboxylic acids is 2. The fourth-order valence-electron chi connectivity index (χ4n) is 2.88. The Bertz CT molecular complexity index is 665. The minimum Gasteiger partial charge on any atom is -0.544 e. The highest BCUT2D eigenvalue weighted by molar-refractivity contribution is 5.72. The van der Waals surface area contributed by atoms with Gasteiger partial charge in [0.1, 0.15) is 11.6 Å². The van der Waals surface area contributed by atoms with Crippen molar-refractivity contribution in [1.29, 1.82) is 5.26 Å². The van der Waals surface area contributed by atoms with Crippen molar-refractivity contribution < 1.29 is 24.3 Å². The van der Waals surface area contributed by atoms with Crippen LogP contribution in [0.25, 0.3) is 0 Å². The van der Waals surface area contributed by atoms with Gasteiger partial charge in [-0.25, -0.2) is 4.79 Å². The van der Waals surface area contributed by atoms with Gasteiger partial charge in [0.05, 0.1) is 37.8 Å². The van der Waals surface area contributed by atoms with Crippen LogP contribution in [-0.2, 0) is 9.53 Å². The average molecular weight is 345 g/mol. The maximum Gasteiger partial charge on any atom is 0.410 e. The van der Waals surface area contributed by atoms with E-state index in [2.05, 4.69) is 0 Å². The number of nitrogens with zero attached hydrogens (tertiary/aromatic N) is 2.